The molecule has 0 radical (unpaired) electrons. The van der Waals surface area contributed by atoms with Crippen LogP contribution in [0.5, 0.6) is 0 Å². The highest BCUT2D eigenvalue weighted by atomic mass is 16.5. The molecule has 1 aromatic rings. The fourth-order valence-electron chi connectivity index (χ4n) is 3.73. The molecule has 1 aromatic carbocycles. The van der Waals surface area contributed by atoms with Crippen molar-refractivity contribution in [2.45, 2.75) is 45.6 Å². The van der Waals surface area contributed by atoms with Crippen LogP contribution in [0.2, 0.25) is 0 Å². The monoisotopic (exact) mass is 360 g/mol. The maximum Gasteiger partial charge on any atom is 0.226 e. The van der Waals surface area contributed by atoms with Gasteiger partial charge in [0.2, 0.25) is 11.8 Å². The van der Waals surface area contributed by atoms with Gasteiger partial charge in [-0.05, 0) is 30.4 Å². The molecule has 0 heterocycles. The van der Waals surface area contributed by atoms with Crippen LogP contribution in [-0.2, 0) is 27.3 Å². The van der Waals surface area contributed by atoms with Crippen LogP contribution in [0.4, 0.5) is 0 Å². The summed E-state index contributed by atoms with van der Waals surface area (Å²) in [6, 6.07) is 8.40. The molecule has 1 aliphatic rings. The minimum Gasteiger partial charge on any atom is -0.383 e. The largest absolute Gasteiger partial charge is 0.383 e. The number of nitrogens with zero attached hydrogens (tertiary/aromatic N) is 1. The normalized spacial score (nSPS) is 19.8. The number of aryl methyl sites for hydroxylation is 1. The first kappa shape index (κ1) is 20.4. The molecule has 0 spiro atoms. The molecule has 0 aliphatic heterocycles. The minimum atomic E-state index is -0.226. The second kappa shape index (κ2) is 10.3. The van der Waals surface area contributed by atoms with E-state index >= 15 is 0 Å². The van der Waals surface area contributed by atoms with Gasteiger partial charge in [-0.2, -0.15) is 0 Å². The Morgan fingerprint density at radius 2 is 1.73 bits per heavy atom. The number of hydrogen-bond donors (Lipinski definition) is 1. The summed E-state index contributed by atoms with van der Waals surface area (Å²) in [5.41, 5.74) is 2.40. The van der Waals surface area contributed by atoms with Gasteiger partial charge >= 0.3 is 0 Å². The van der Waals surface area contributed by atoms with E-state index in [9.17, 15) is 9.59 Å². The molecule has 2 rings (SSSR count). The van der Waals surface area contributed by atoms with E-state index in [-0.39, 0.29) is 23.7 Å². The number of hydrogen-bond acceptors (Lipinski definition) is 3. The van der Waals surface area contributed by atoms with E-state index in [1.807, 2.05) is 4.90 Å². The molecular weight excluding hydrogens is 328 g/mol. The summed E-state index contributed by atoms with van der Waals surface area (Å²) < 4.78 is 5.21. The highest BCUT2D eigenvalue weighted by Crippen LogP contribution is 2.32. The first-order valence-electron chi connectivity index (χ1n) is 9.67. The molecular formula is C21H32N2O3. The second-order valence-corrected chi connectivity index (χ2v) is 7.03. The zero-order chi connectivity index (χ0) is 18.9. The lowest BCUT2D eigenvalue weighted by Gasteiger charge is -2.34. The van der Waals surface area contributed by atoms with Gasteiger partial charge in [-0.3, -0.25) is 9.59 Å². The van der Waals surface area contributed by atoms with Gasteiger partial charge in [-0.15, -0.1) is 0 Å². The summed E-state index contributed by atoms with van der Waals surface area (Å²) in [4.78, 5) is 27.4. The predicted molar refractivity (Wildman–Crippen MR) is 103 cm³/mol. The molecule has 5 nitrogen and oxygen atoms in total. The van der Waals surface area contributed by atoms with Crippen LogP contribution in [0.15, 0.2) is 24.3 Å². The van der Waals surface area contributed by atoms with Crippen molar-refractivity contribution in [3.05, 3.63) is 35.4 Å². The average Bonchev–Trinajstić information content (AvgIpc) is 2.70. The molecule has 144 valence electrons. The number of carbonyl (C=O) groups is 2. The summed E-state index contributed by atoms with van der Waals surface area (Å²) in [6.07, 6.45) is 4.60. The molecule has 2 atom stereocenters. The van der Waals surface area contributed by atoms with Gasteiger partial charge in [0.25, 0.3) is 0 Å². The third-order valence-corrected chi connectivity index (χ3v) is 5.35. The molecule has 1 saturated carbocycles. The molecule has 2 amide bonds. The summed E-state index contributed by atoms with van der Waals surface area (Å²) in [7, 11) is 3.29. The Balaban J connectivity index is 2.14. The quantitative estimate of drug-likeness (QED) is 0.775. The van der Waals surface area contributed by atoms with Gasteiger partial charge in [0.05, 0.1) is 6.61 Å². The third-order valence-electron chi connectivity index (χ3n) is 5.35. The van der Waals surface area contributed by atoms with E-state index in [1.54, 1.807) is 14.2 Å². The van der Waals surface area contributed by atoms with Crippen LogP contribution < -0.4 is 5.32 Å². The Bertz CT molecular complexity index is 585. The molecule has 0 saturated heterocycles. The lowest BCUT2D eigenvalue weighted by atomic mass is 9.77. The number of amides is 2. The van der Waals surface area contributed by atoms with Crippen LogP contribution in [0.25, 0.3) is 0 Å². The summed E-state index contributed by atoms with van der Waals surface area (Å²) in [6.45, 7) is 3.73. The summed E-state index contributed by atoms with van der Waals surface area (Å²) in [5, 5.41) is 2.73. The van der Waals surface area contributed by atoms with Crippen molar-refractivity contribution in [2.24, 2.45) is 11.8 Å². The van der Waals surface area contributed by atoms with Gasteiger partial charge in [0, 0.05) is 39.1 Å². The Hall–Kier alpha value is -1.88. The first-order chi connectivity index (χ1) is 12.6. The van der Waals surface area contributed by atoms with E-state index in [4.69, 9.17) is 4.74 Å². The molecule has 0 unspecified atom stereocenters. The van der Waals surface area contributed by atoms with Crippen LogP contribution in [0.1, 0.15) is 43.7 Å². The predicted octanol–water partition coefficient (Wildman–Crippen LogP) is 2.78. The minimum absolute atomic E-state index is 0.0120. The lowest BCUT2D eigenvalue weighted by Crippen LogP contribution is -2.45. The molecule has 1 fully saturated rings. The van der Waals surface area contributed by atoms with Crippen molar-refractivity contribution in [2.75, 3.05) is 27.3 Å². The van der Waals surface area contributed by atoms with Gasteiger partial charge in [0.15, 0.2) is 0 Å². The standard InChI is InChI=1S/C21H32N2O3/c1-4-16-9-11-17(12-10-16)15-23(13-14-26-3)21(25)19-8-6-5-7-18(19)20(24)22-2/h9-12,18-19H,4-8,13-15H2,1-3H3,(H,22,24)/t18-,19+/m0/s1. The zero-order valence-corrected chi connectivity index (χ0v) is 16.3. The Morgan fingerprint density at radius 1 is 1.12 bits per heavy atom. The molecule has 1 aliphatic carbocycles. The van der Waals surface area contributed by atoms with Crippen LogP contribution in [0, 0.1) is 11.8 Å². The number of methoxy groups -OCH3 is 1. The number of rotatable bonds is 8. The maximum absolute atomic E-state index is 13.3. The van der Waals surface area contributed by atoms with E-state index in [2.05, 4.69) is 36.5 Å². The van der Waals surface area contributed by atoms with E-state index in [1.165, 1.54) is 5.56 Å². The summed E-state index contributed by atoms with van der Waals surface area (Å²) in [5.74, 6) is -0.374. The summed E-state index contributed by atoms with van der Waals surface area (Å²) >= 11 is 0. The number of ether oxygens (including phenoxy) is 1. The number of carbonyl (C=O) groups excluding carboxylic acids is 2. The second-order valence-electron chi connectivity index (χ2n) is 7.03. The Morgan fingerprint density at radius 3 is 2.31 bits per heavy atom. The van der Waals surface area contributed by atoms with Gasteiger partial charge in [-0.1, -0.05) is 44.0 Å². The van der Waals surface area contributed by atoms with Crippen LogP contribution in [-0.4, -0.2) is 44.0 Å². The first-order valence-corrected chi connectivity index (χ1v) is 9.67. The van der Waals surface area contributed by atoms with Gasteiger partial charge in [-0.25, -0.2) is 0 Å². The number of benzene rings is 1. The van der Waals surface area contributed by atoms with Crippen molar-refractivity contribution < 1.29 is 14.3 Å². The Kier molecular flexibility index (Phi) is 8.10. The molecule has 0 aromatic heterocycles. The van der Waals surface area contributed by atoms with E-state index in [0.29, 0.717) is 19.7 Å². The van der Waals surface area contributed by atoms with Crippen LogP contribution in [0.3, 0.4) is 0 Å². The SMILES string of the molecule is CCc1ccc(CN(CCOC)C(=O)[C@@H]2CCCC[C@@H]2C(=O)NC)cc1. The fraction of sp³-hybridized carbons (Fsp3) is 0.619. The third kappa shape index (κ3) is 5.31. The van der Waals surface area contributed by atoms with Crippen molar-refractivity contribution in [3.63, 3.8) is 0 Å². The van der Waals surface area contributed by atoms with Crippen molar-refractivity contribution in [1.29, 1.82) is 0 Å². The highest BCUT2D eigenvalue weighted by Gasteiger charge is 2.37. The zero-order valence-electron chi connectivity index (χ0n) is 16.3. The van der Waals surface area contributed by atoms with Crippen LogP contribution >= 0.6 is 0 Å². The number of nitrogens with one attached hydrogen (secondary N) is 1. The highest BCUT2D eigenvalue weighted by molar-refractivity contribution is 5.87. The van der Waals surface area contributed by atoms with Crippen molar-refractivity contribution in [1.82, 2.24) is 10.2 Å². The van der Waals surface area contributed by atoms with Gasteiger partial charge in [0.1, 0.15) is 0 Å². The lowest BCUT2D eigenvalue weighted by molar-refractivity contribution is -0.144. The van der Waals surface area contributed by atoms with E-state index < -0.39 is 0 Å². The topological polar surface area (TPSA) is 58.6 Å². The molecule has 5 heteroatoms. The average molecular weight is 360 g/mol. The van der Waals surface area contributed by atoms with Crippen molar-refractivity contribution in [3.8, 4) is 0 Å². The Labute approximate surface area is 157 Å². The molecule has 1 N–H and O–H groups in total. The van der Waals surface area contributed by atoms with Gasteiger partial charge < -0.3 is 15.0 Å². The smallest absolute Gasteiger partial charge is 0.226 e. The van der Waals surface area contributed by atoms with E-state index in [0.717, 1.165) is 37.7 Å². The molecule has 0 bridgehead atoms. The molecule has 26 heavy (non-hydrogen) atoms. The fourth-order valence-corrected chi connectivity index (χ4v) is 3.73. The van der Waals surface area contributed by atoms with Crippen molar-refractivity contribution >= 4 is 11.8 Å². The maximum atomic E-state index is 13.3.